The first-order chi connectivity index (χ1) is 7.68. The van der Waals surface area contributed by atoms with Gasteiger partial charge in [-0.1, -0.05) is 12.8 Å². The lowest BCUT2D eigenvalue weighted by atomic mass is 9.94. The van der Waals surface area contributed by atoms with Crippen molar-refractivity contribution >= 4 is 5.91 Å². The summed E-state index contributed by atoms with van der Waals surface area (Å²) < 4.78 is 0. The van der Waals surface area contributed by atoms with Crippen molar-refractivity contribution < 1.29 is 4.79 Å². The lowest BCUT2D eigenvalue weighted by Crippen LogP contribution is -2.40. The molecule has 2 atom stereocenters. The maximum Gasteiger partial charge on any atom is 0.219 e. The molecule has 3 nitrogen and oxygen atoms in total. The van der Waals surface area contributed by atoms with Crippen LogP contribution in [0.5, 0.6) is 0 Å². The summed E-state index contributed by atoms with van der Waals surface area (Å²) in [6, 6.07) is 1.19. The van der Waals surface area contributed by atoms with Crippen molar-refractivity contribution in [3.63, 3.8) is 0 Å². The molecule has 1 heterocycles. The fourth-order valence-electron chi connectivity index (χ4n) is 2.93. The van der Waals surface area contributed by atoms with Gasteiger partial charge < -0.3 is 4.90 Å². The molecule has 1 saturated carbocycles. The highest BCUT2D eigenvalue weighted by molar-refractivity contribution is 5.73. The van der Waals surface area contributed by atoms with E-state index in [0.717, 1.165) is 19.0 Å². The second-order valence-electron chi connectivity index (χ2n) is 5.18. The summed E-state index contributed by atoms with van der Waals surface area (Å²) >= 11 is 0. The van der Waals surface area contributed by atoms with Crippen LogP contribution < -0.4 is 0 Å². The number of likely N-dealkylation sites (N-methyl/N-ethyl adjacent to an activating group) is 1. The molecule has 1 amide bonds. The minimum atomic E-state index is 0.196. The monoisotopic (exact) mass is 223 g/mol. The fraction of sp³-hybridized carbons (Fsp3) is 0.846. The van der Waals surface area contributed by atoms with Crippen LogP contribution in [-0.2, 0) is 4.79 Å². The molecule has 1 aliphatic carbocycles. The standard InChI is InChI=1S/C13H23N2O/c1-11(16)14(2)13-8-9-15(10-13)12-6-4-3-5-7-12/h4,12-13H,3,5-10H2,1-2H3/t12?,13-/m0/s1. The Balaban J connectivity index is 1.84. The van der Waals surface area contributed by atoms with E-state index < -0.39 is 0 Å². The molecule has 91 valence electrons. The minimum Gasteiger partial charge on any atom is -0.342 e. The zero-order valence-corrected chi connectivity index (χ0v) is 10.5. The quantitative estimate of drug-likeness (QED) is 0.711. The van der Waals surface area contributed by atoms with E-state index in [9.17, 15) is 4.79 Å². The Morgan fingerprint density at radius 3 is 2.88 bits per heavy atom. The molecule has 0 aromatic carbocycles. The fourth-order valence-corrected chi connectivity index (χ4v) is 2.93. The molecular formula is C13H23N2O. The molecule has 2 fully saturated rings. The summed E-state index contributed by atoms with van der Waals surface area (Å²) in [6.45, 7) is 3.91. The van der Waals surface area contributed by atoms with Crippen molar-refractivity contribution in [3.8, 4) is 0 Å². The lowest BCUT2D eigenvalue weighted by molar-refractivity contribution is -0.129. The molecule has 0 aromatic rings. The second-order valence-corrected chi connectivity index (χ2v) is 5.18. The first-order valence-corrected chi connectivity index (χ1v) is 6.47. The number of carbonyl (C=O) groups excluding carboxylic acids is 1. The number of likely N-dealkylation sites (tertiary alicyclic amines) is 1. The highest BCUT2D eigenvalue weighted by Crippen LogP contribution is 2.26. The van der Waals surface area contributed by atoms with Crippen LogP contribution in [0.1, 0.15) is 39.0 Å². The molecule has 3 heteroatoms. The molecule has 1 unspecified atom stereocenters. The van der Waals surface area contributed by atoms with Gasteiger partial charge in [-0.3, -0.25) is 9.69 Å². The summed E-state index contributed by atoms with van der Waals surface area (Å²) in [5.41, 5.74) is 0. The molecule has 0 bridgehead atoms. The number of rotatable bonds is 2. The molecule has 0 N–H and O–H groups in total. The van der Waals surface area contributed by atoms with Crippen molar-refractivity contribution in [2.75, 3.05) is 20.1 Å². The Bertz CT molecular complexity index is 248. The molecule has 1 radical (unpaired) electrons. The molecular weight excluding hydrogens is 200 g/mol. The Morgan fingerprint density at radius 1 is 1.44 bits per heavy atom. The summed E-state index contributed by atoms with van der Waals surface area (Å²) in [5.74, 6) is 0.196. The maximum atomic E-state index is 11.3. The van der Waals surface area contributed by atoms with Gasteiger partial charge in [0.1, 0.15) is 0 Å². The largest absolute Gasteiger partial charge is 0.342 e. The molecule has 1 aliphatic heterocycles. The van der Waals surface area contributed by atoms with Gasteiger partial charge in [-0.05, 0) is 25.7 Å². The molecule has 0 aromatic heterocycles. The number of hydrogen-bond donors (Lipinski definition) is 0. The van der Waals surface area contributed by atoms with Gasteiger partial charge in [-0.2, -0.15) is 0 Å². The summed E-state index contributed by atoms with van der Waals surface area (Å²) in [7, 11) is 1.93. The van der Waals surface area contributed by atoms with Crippen LogP contribution in [0.2, 0.25) is 0 Å². The second kappa shape index (κ2) is 5.17. The van der Waals surface area contributed by atoms with Gasteiger partial charge in [0.05, 0.1) is 0 Å². The van der Waals surface area contributed by atoms with Gasteiger partial charge in [-0.15, -0.1) is 0 Å². The van der Waals surface area contributed by atoms with E-state index in [4.69, 9.17) is 0 Å². The Morgan fingerprint density at radius 2 is 2.25 bits per heavy atom. The van der Waals surface area contributed by atoms with Crippen molar-refractivity contribution in [3.05, 3.63) is 6.42 Å². The lowest BCUT2D eigenvalue weighted by Gasteiger charge is -2.31. The number of amides is 1. The molecule has 2 aliphatic rings. The Labute approximate surface area is 98.8 Å². The Kier molecular flexibility index (Phi) is 3.85. The predicted molar refractivity (Wildman–Crippen MR) is 65.0 cm³/mol. The SMILES string of the molecule is CC(=O)N(C)[C@H]1CCN(C2C[CH]CCC2)C1. The third-order valence-corrected chi connectivity index (χ3v) is 4.14. The van der Waals surface area contributed by atoms with Crippen LogP contribution in [0.4, 0.5) is 0 Å². The van der Waals surface area contributed by atoms with Crippen molar-refractivity contribution in [1.29, 1.82) is 0 Å². The van der Waals surface area contributed by atoms with E-state index in [1.165, 1.54) is 32.2 Å². The van der Waals surface area contributed by atoms with Gasteiger partial charge in [-0.25, -0.2) is 0 Å². The molecule has 1 saturated heterocycles. The average Bonchev–Trinajstić information content (AvgIpc) is 2.78. The Hall–Kier alpha value is -0.570. The zero-order chi connectivity index (χ0) is 11.5. The molecule has 0 spiro atoms. The van der Waals surface area contributed by atoms with E-state index in [0.29, 0.717) is 6.04 Å². The van der Waals surface area contributed by atoms with Gasteiger partial charge in [0.25, 0.3) is 0 Å². The van der Waals surface area contributed by atoms with Crippen LogP contribution in [0, 0.1) is 6.42 Å². The number of hydrogen-bond acceptors (Lipinski definition) is 2. The average molecular weight is 223 g/mol. The predicted octanol–water partition coefficient (Wildman–Crippen LogP) is 1.69. The van der Waals surface area contributed by atoms with E-state index in [1.807, 2.05) is 11.9 Å². The van der Waals surface area contributed by atoms with Crippen LogP contribution in [0.3, 0.4) is 0 Å². The normalized spacial score (nSPS) is 28.2. The van der Waals surface area contributed by atoms with Gasteiger partial charge in [0.15, 0.2) is 0 Å². The van der Waals surface area contributed by atoms with E-state index in [-0.39, 0.29) is 5.91 Å². The third kappa shape index (κ3) is 2.57. The molecule has 16 heavy (non-hydrogen) atoms. The van der Waals surface area contributed by atoms with Crippen molar-refractivity contribution in [1.82, 2.24) is 9.80 Å². The van der Waals surface area contributed by atoms with Crippen LogP contribution >= 0.6 is 0 Å². The van der Waals surface area contributed by atoms with Crippen LogP contribution in [0.25, 0.3) is 0 Å². The van der Waals surface area contributed by atoms with Gasteiger partial charge in [0, 0.05) is 39.1 Å². The van der Waals surface area contributed by atoms with E-state index in [2.05, 4.69) is 11.3 Å². The first kappa shape index (κ1) is 11.9. The minimum absolute atomic E-state index is 0.196. The maximum absolute atomic E-state index is 11.3. The third-order valence-electron chi connectivity index (χ3n) is 4.14. The van der Waals surface area contributed by atoms with E-state index in [1.54, 1.807) is 6.92 Å². The summed E-state index contributed by atoms with van der Waals surface area (Å²) in [4.78, 5) is 15.8. The zero-order valence-electron chi connectivity index (χ0n) is 10.5. The number of nitrogens with zero attached hydrogens (tertiary/aromatic N) is 2. The van der Waals surface area contributed by atoms with Crippen molar-refractivity contribution in [2.24, 2.45) is 0 Å². The highest BCUT2D eigenvalue weighted by Gasteiger charge is 2.31. The van der Waals surface area contributed by atoms with Crippen molar-refractivity contribution in [2.45, 2.75) is 51.1 Å². The molecule has 2 rings (SSSR count). The topological polar surface area (TPSA) is 23.6 Å². The van der Waals surface area contributed by atoms with Crippen LogP contribution in [-0.4, -0.2) is 47.9 Å². The highest BCUT2D eigenvalue weighted by atomic mass is 16.2. The van der Waals surface area contributed by atoms with Gasteiger partial charge >= 0.3 is 0 Å². The van der Waals surface area contributed by atoms with Crippen LogP contribution in [0.15, 0.2) is 0 Å². The summed E-state index contributed by atoms with van der Waals surface area (Å²) in [6.07, 6.45) is 8.79. The first-order valence-electron chi connectivity index (χ1n) is 6.47. The summed E-state index contributed by atoms with van der Waals surface area (Å²) in [5, 5.41) is 0. The number of carbonyl (C=O) groups is 1. The van der Waals surface area contributed by atoms with E-state index >= 15 is 0 Å². The smallest absolute Gasteiger partial charge is 0.219 e. The van der Waals surface area contributed by atoms with Gasteiger partial charge in [0.2, 0.25) is 5.91 Å².